The summed E-state index contributed by atoms with van der Waals surface area (Å²) in [5.41, 5.74) is 2.25. The molecule has 0 fully saturated rings. The number of benzene rings is 2. The summed E-state index contributed by atoms with van der Waals surface area (Å²) in [5, 5.41) is 14.7. The highest BCUT2D eigenvalue weighted by Gasteiger charge is 2.39. The van der Waals surface area contributed by atoms with Gasteiger partial charge in [-0.25, -0.2) is 0 Å². The molecular formula is C21H16Cl2N2O4. The zero-order chi connectivity index (χ0) is 20.7. The van der Waals surface area contributed by atoms with Crippen LogP contribution in [-0.2, 0) is 9.59 Å². The number of ketones is 1. The van der Waals surface area contributed by atoms with Crippen LogP contribution in [0, 0.1) is 10.1 Å². The average Bonchev–Trinajstić information content (AvgIpc) is 2.67. The lowest BCUT2D eigenvalue weighted by atomic mass is 9.73. The van der Waals surface area contributed by atoms with Gasteiger partial charge in [-0.15, -0.1) is 0 Å². The van der Waals surface area contributed by atoms with Crippen LogP contribution in [0.1, 0.15) is 42.2 Å². The van der Waals surface area contributed by atoms with E-state index in [9.17, 15) is 19.7 Å². The molecule has 0 radical (unpaired) electrons. The van der Waals surface area contributed by atoms with Crippen LogP contribution in [0.25, 0.3) is 0 Å². The number of carbonyl (C=O) groups is 2. The Kier molecular flexibility index (Phi) is 5.15. The molecule has 2 aliphatic rings. The fourth-order valence-electron chi connectivity index (χ4n) is 4.16. The minimum absolute atomic E-state index is 0.0157. The van der Waals surface area contributed by atoms with Gasteiger partial charge in [0.15, 0.2) is 5.78 Å². The lowest BCUT2D eigenvalue weighted by molar-refractivity contribution is -0.384. The zero-order valence-corrected chi connectivity index (χ0v) is 16.7. The van der Waals surface area contributed by atoms with Gasteiger partial charge < -0.3 is 5.32 Å². The van der Waals surface area contributed by atoms with E-state index in [4.69, 9.17) is 23.2 Å². The molecule has 2 aromatic carbocycles. The Bertz CT molecular complexity index is 1080. The van der Waals surface area contributed by atoms with Gasteiger partial charge in [-0.1, -0.05) is 47.5 Å². The van der Waals surface area contributed by atoms with E-state index in [1.165, 1.54) is 12.1 Å². The quantitative estimate of drug-likeness (QED) is 0.553. The third-order valence-corrected chi connectivity index (χ3v) is 6.11. The molecule has 0 aromatic heterocycles. The van der Waals surface area contributed by atoms with Crippen molar-refractivity contribution in [2.45, 2.75) is 31.1 Å². The molecule has 1 heterocycles. The third-order valence-electron chi connectivity index (χ3n) is 5.45. The second kappa shape index (κ2) is 7.61. The van der Waals surface area contributed by atoms with Crippen LogP contribution in [-0.4, -0.2) is 16.6 Å². The smallest absolute Gasteiger partial charge is 0.288 e. The highest BCUT2D eigenvalue weighted by molar-refractivity contribution is 6.32. The number of carbonyl (C=O) groups excluding carboxylic acids is 2. The highest BCUT2D eigenvalue weighted by Crippen LogP contribution is 2.44. The molecule has 4 rings (SSSR count). The fourth-order valence-corrected chi connectivity index (χ4v) is 4.63. The first-order valence-electron chi connectivity index (χ1n) is 9.09. The first kappa shape index (κ1) is 19.6. The average molecular weight is 431 g/mol. The van der Waals surface area contributed by atoms with Gasteiger partial charge in [0.1, 0.15) is 5.02 Å². The topological polar surface area (TPSA) is 89.3 Å². The summed E-state index contributed by atoms with van der Waals surface area (Å²) in [7, 11) is 0. The first-order valence-corrected chi connectivity index (χ1v) is 9.85. The van der Waals surface area contributed by atoms with Gasteiger partial charge in [-0.2, -0.15) is 0 Å². The second-order valence-electron chi connectivity index (χ2n) is 7.21. The van der Waals surface area contributed by atoms with Crippen LogP contribution in [0.3, 0.4) is 0 Å². The Hall–Kier alpha value is -2.70. The minimum Gasteiger partial charge on any atom is -0.329 e. The molecular weight excluding hydrogens is 415 g/mol. The summed E-state index contributed by atoms with van der Waals surface area (Å²) in [6.45, 7) is 0. The van der Waals surface area contributed by atoms with Crippen molar-refractivity contribution in [3.05, 3.63) is 85.0 Å². The zero-order valence-electron chi connectivity index (χ0n) is 15.2. The molecule has 0 saturated carbocycles. The number of nitro benzene ring substituents is 1. The molecule has 0 bridgehead atoms. The van der Waals surface area contributed by atoms with E-state index in [1.807, 2.05) is 18.2 Å². The number of rotatable bonds is 3. The van der Waals surface area contributed by atoms with Crippen molar-refractivity contribution in [2.24, 2.45) is 0 Å². The number of nitrogens with zero attached hydrogens (tertiary/aromatic N) is 1. The Morgan fingerprint density at radius 3 is 2.48 bits per heavy atom. The van der Waals surface area contributed by atoms with Crippen LogP contribution in [0.2, 0.25) is 10.0 Å². The minimum atomic E-state index is -0.569. The van der Waals surface area contributed by atoms with Crippen LogP contribution in [0.15, 0.2) is 53.7 Å². The molecule has 1 aliphatic carbocycles. The molecule has 29 heavy (non-hydrogen) atoms. The van der Waals surface area contributed by atoms with Gasteiger partial charge in [0.05, 0.1) is 4.92 Å². The summed E-state index contributed by atoms with van der Waals surface area (Å²) < 4.78 is 0. The Balaban J connectivity index is 1.75. The first-order chi connectivity index (χ1) is 13.8. The summed E-state index contributed by atoms with van der Waals surface area (Å²) >= 11 is 12.2. The molecule has 0 unspecified atom stereocenters. The predicted molar refractivity (Wildman–Crippen MR) is 109 cm³/mol. The molecule has 2 atom stereocenters. The lowest BCUT2D eigenvalue weighted by Gasteiger charge is -2.34. The summed E-state index contributed by atoms with van der Waals surface area (Å²) in [4.78, 5) is 36.1. The SMILES string of the molecule is O=C1C[C@H](c2ccc(Cl)c([N+](=O)[O-])c2)C2=C(C[C@@H](c3ccccc3Cl)CC2=O)N1. The highest BCUT2D eigenvalue weighted by atomic mass is 35.5. The summed E-state index contributed by atoms with van der Waals surface area (Å²) in [6, 6.07) is 11.8. The molecule has 0 saturated heterocycles. The van der Waals surface area contributed by atoms with Gasteiger partial charge >= 0.3 is 0 Å². The van der Waals surface area contributed by atoms with Crippen molar-refractivity contribution < 1.29 is 14.5 Å². The Morgan fingerprint density at radius 2 is 1.76 bits per heavy atom. The number of halogens is 2. The maximum atomic E-state index is 13.1. The number of hydrogen-bond donors (Lipinski definition) is 1. The van der Waals surface area contributed by atoms with Gasteiger partial charge in [-0.05, 0) is 35.6 Å². The van der Waals surface area contributed by atoms with Crippen LogP contribution >= 0.6 is 23.2 Å². The molecule has 148 valence electrons. The molecule has 1 aliphatic heterocycles. The van der Waals surface area contributed by atoms with E-state index in [-0.39, 0.29) is 41.2 Å². The van der Waals surface area contributed by atoms with E-state index >= 15 is 0 Å². The maximum Gasteiger partial charge on any atom is 0.288 e. The molecule has 0 spiro atoms. The van der Waals surface area contributed by atoms with Crippen molar-refractivity contribution in [1.29, 1.82) is 0 Å². The third kappa shape index (κ3) is 3.66. The monoisotopic (exact) mass is 430 g/mol. The van der Waals surface area contributed by atoms with E-state index in [0.717, 1.165) is 5.56 Å². The van der Waals surface area contributed by atoms with E-state index in [2.05, 4.69) is 5.32 Å². The van der Waals surface area contributed by atoms with Crippen molar-refractivity contribution in [1.82, 2.24) is 5.32 Å². The number of allylic oxidation sites excluding steroid dienone is 2. The number of nitrogens with one attached hydrogen (secondary N) is 1. The number of hydrogen-bond acceptors (Lipinski definition) is 4. The van der Waals surface area contributed by atoms with Crippen molar-refractivity contribution in [3.8, 4) is 0 Å². The number of amides is 1. The maximum absolute atomic E-state index is 13.1. The van der Waals surface area contributed by atoms with Gasteiger partial charge in [0, 0.05) is 41.1 Å². The largest absolute Gasteiger partial charge is 0.329 e. The Morgan fingerprint density at radius 1 is 1.00 bits per heavy atom. The fraction of sp³-hybridized carbons (Fsp3) is 0.238. The van der Waals surface area contributed by atoms with Crippen molar-refractivity contribution >= 4 is 40.6 Å². The van der Waals surface area contributed by atoms with Crippen molar-refractivity contribution in [2.75, 3.05) is 0 Å². The van der Waals surface area contributed by atoms with Crippen molar-refractivity contribution in [3.63, 3.8) is 0 Å². The predicted octanol–water partition coefficient (Wildman–Crippen LogP) is 4.91. The molecule has 1 amide bonds. The molecule has 1 N–H and O–H groups in total. The van der Waals surface area contributed by atoms with E-state index < -0.39 is 10.8 Å². The van der Waals surface area contributed by atoms with Crippen LogP contribution < -0.4 is 5.32 Å². The van der Waals surface area contributed by atoms with Crippen LogP contribution in [0.5, 0.6) is 0 Å². The summed E-state index contributed by atoms with van der Waals surface area (Å²) in [5.74, 6) is -0.972. The molecule has 8 heteroatoms. The Labute approximate surface area is 176 Å². The molecule has 6 nitrogen and oxygen atoms in total. The molecule has 2 aromatic rings. The second-order valence-corrected chi connectivity index (χ2v) is 8.03. The normalized spacial score (nSPS) is 21.6. The number of nitro groups is 1. The van der Waals surface area contributed by atoms with E-state index in [1.54, 1.807) is 12.1 Å². The number of Topliss-reactive ketones (excluding diaryl/α,β-unsaturated/α-hetero) is 1. The lowest BCUT2D eigenvalue weighted by Crippen LogP contribution is -2.38. The van der Waals surface area contributed by atoms with Gasteiger partial charge in [0.2, 0.25) is 5.91 Å². The van der Waals surface area contributed by atoms with Crippen LogP contribution in [0.4, 0.5) is 5.69 Å². The van der Waals surface area contributed by atoms with Gasteiger partial charge in [0.25, 0.3) is 5.69 Å². The standard InChI is InChI=1S/C21H16Cl2N2O4/c22-15-4-2-1-3-13(15)12-7-17-21(19(26)9-12)14(10-20(27)24-17)11-5-6-16(23)18(8-11)25(28)29/h1-6,8,12,14H,7,9-10H2,(H,24,27)/t12-,14-/m1/s1. The summed E-state index contributed by atoms with van der Waals surface area (Å²) in [6.07, 6.45) is 0.799. The van der Waals surface area contributed by atoms with Gasteiger partial charge in [-0.3, -0.25) is 19.7 Å². The van der Waals surface area contributed by atoms with E-state index in [0.29, 0.717) is 28.3 Å².